The molecule has 0 aliphatic carbocycles. The van der Waals surface area contributed by atoms with Crippen LogP contribution in [-0.4, -0.2) is 5.33 Å². The molecule has 0 saturated carbocycles. The molecule has 0 aliphatic heterocycles. The van der Waals surface area contributed by atoms with Gasteiger partial charge in [0.05, 0.1) is 0 Å². The van der Waals surface area contributed by atoms with Gasteiger partial charge in [0, 0.05) is 11.4 Å². The van der Waals surface area contributed by atoms with E-state index < -0.39 is 0 Å². The second-order valence-corrected chi connectivity index (χ2v) is 3.29. The summed E-state index contributed by atoms with van der Waals surface area (Å²) in [5, 5.41) is 0.961. The van der Waals surface area contributed by atoms with Crippen LogP contribution >= 0.6 is 32.9 Å². The van der Waals surface area contributed by atoms with Crippen molar-refractivity contribution in [3.8, 4) is 0 Å². The number of hydrogen-bond acceptors (Lipinski definition) is 1. The highest BCUT2D eigenvalue weighted by Gasteiger charge is 2.02. The fourth-order valence-electron chi connectivity index (χ4n) is 0.984. The molecule has 0 spiro atoms. The van der Waals surface area contributed by atoms with Gasteiger partial charge in [0.25, 0.3) is 0 Å². The van der Waals surface area contributed by atoms with Gasteiger partial charge >= 0.3 is 0 Å². The van der Waals surface area contributed by atoms with Crippen molar-refractivity contribution in [3.63, 3.8) is 0 Å². The van der Waals surface area contributed by atoms with E-state index in [0.29, 0.717) is 0 Å². The second-order valence-electron chi connectivity index (χ2n) is 2.49. The Balaban J connectivity index is 0.00000121. The molecule has 0 amide bonds. The van der Waals surface area contributed by atoms with E-state index in [1.165, 1.54) is 5.56 Å². The van der Waals surface area contributed by atoms with Crippen molar-refractivity contribution in [3.05, 3.63) is 35.9 Å². The van der Waals surface area contributed by atoms with Gasteiger partial charge in [-0.1, -0.05) is 46.3 Å². The molecular formula is C9H13Br2N. The molecule has 0 aliphatic rings. The quantitative estimate of drug-likeness (QED) is 0.852. The van der Waals surface area contributed by atoms with Crippen molar-refractivity contribution in [1.29, 1.82) is 0 Å². The van der Waals surface area contributed by atoms with E-state index in [2.05, 4.69) is 28.1 Å². The first-order chi connectivity index (χ1) is 5.34. The molecule has 68 valence electrons. The predicted octanol–water partition coefficient (Wildman–Crippen LogP) is 3.05. The molecule has 0 bridgehead atoms. The first kappa shape index (κ1) is 12.1. The number of benzene rings is 1. The molecule has 0 aromatic heterocycles. The van der Waals surface area contributed by atoms with Crippen LogP contribution < -0.4 is 5.73 Å². The molecule has 1 rings (SSSR count). The topological polar surface area (TPSA) is 26.0 Å². The smallest absolute Gasteiger partial charge is 0.0302 e. The van der Waals surface area contributed by atoms with E-state index in [-0.39, 0.29) is 23.0 Å². The summed E-state index contributed by atoms with van der Waals surface area (Å²) in [4.78, 5) is 0. The molecule has 1 atom stereocenters. The van der Waals surface area contributed by atoms with Crippen molar-refractivity contribution in [1.82, 2.24) is 0 Å². The molecule has 1 aromatic carbocycles. The Morgan fingerprint density at radius 3 is 2.33 bits per heavy atom. The van der Waals surface area contributed by atoms with Gasteiger partial charge in [-0.3, -0.25) is 0 Å². The third kappa shape index (κ3) is 3.70. The first-order valence-corrected chi connectivity index (χ1v) is 4.83. The van der Waals surface area contributed by atoms with Gasteiger partial charge in [-0.2, -0.15) is 0 Å². The molecule has 1 nitrogen and oxygen atoms in total. The predicted molar refractivity (Wildman–Crippen MR) is 62.1 cm³/mol. The zero-order valence-electron chi connectivity index (χ0n) is 6.74. The largest absolute Gasteiger partial charge is 0.324 e. The SMILES string of the molecule is Br.NC(CCBr)c1ccccc1. The lowest BCUT2D eigenvalue weighted by molar-refractivity contribution is 0.708. The molecule has 2 N–H and O–H groups in total. The van der Waals surface area contributed by atoms with Gasteiger partial charge in [-0.15, -0.1) is 17.0 Å². The highest BCUT2D eigenvalue weighted by atomic mass is 79.9. The van der Waals surface area contributed by atoms with Crippen LogP contribution in [0.5, 0.6) is 0 Å². The average molecular weight is 295 g/mol. The van der Waals surface area contributed by atoms with Gasteiger partial charge < -0.3 is 5.73 Å². The minimum atomic E-state index is 0. The van der Waals surface area contributed by atoms with Crippen LogP contribution in [0.15, 0.2) is 30.3 Å². The molecule has 12 heavy (non-hydrogen) atoms. The van der Waals surface area contributed by atoms with Gasteiger partial charge in [-0.05, 0) is 12.0 Å². The number of rotatable bonds is 3. The van der Waals surface area contributed by atoms with Crippen LogP contribution in [0.25, 0.3) is 0 Å². The Kier molecular flexibility index (Phi) is 6.71. The van der Waals surface area contributed by atoms with Crippen LogP contribution in [0.2, 0.25) is 0 Å². The Bertz CT molecular complexity index is 201. The maximum Gasteiger partial charge on any atom is 0.0302 e. The van der Waals surface area contributed by atoms with E-state index in [1.54, 1.807) is 0 Å². The van der Waals surface area contributed by atoms with Crippen LogP contribution in [0.4, 0.5) is 0 Å². The summed E-state index contributed by atoms with van der Waals surface area (Å²) >= 11 is 3.37. The summed E-state index contributed by atoms with van der Waals surface area (Å²) in [5.74, 6) is 0. The molecule has 0 heterocycles. The first-order valence-electron chi connectivity index (χ1n) is 3.71. The molecule has 0 saturated heterocycles. The van der Waals surface area contributed by atoms with Crippen LogP contribution in [0.3, 0.4) is 0 Å². The Hall–Kier alpha value is 0.140. The molecule has 1 aromatic rings. The Morgan fingerprint density at radius 1 is 1.25 bits per heavy atom. The maximum atomic E-state index is 5.88. The third-order valence-corrected chi connectivity index (χ3v) is 2.11. The Labute approximate surface area is 92.2 Å². The van der Waals surface area contributed by atoms with E-state index in [0.717, 1.165) is 11.8 Å². The minimum absolute atomic E-state index is 0. The highest BCUT2D eigenvalue weighted by molar-refractivity contribution is 9.09. The molecule has 0 radical (unpaired) electrons. The monoisotopic (exact) mass is 293 g/mol. The normalized spacial score (nSPS) is 11.8. The number of alkyl halides is 1. The van der Waals surface area contributed by atoms with Crippen molar-refractivity contribution >= 4 is 32.9 Å². The van der Waals surface area contributed by atoms with Crippen LogP contribution in [0.1, 0.15) is 18.0 Å². The molecule has 0 fully saturated rings. The third-order valence-electron chi connectivity index (χ3n) is 1.65. The van der Waals surface area contributed by atoms with Crippen molar-refractivity contribution in [2.24, 2.45) is 5.73 Å². The van der Waals surface area contributed by atoms with E-state index in [4.69, 9.17) is 5.73 Å². The molecule has 1 unspecified atom stereocenters. The fraction of sp³-hybridized carbons (Fsp3) is 0.333. The molecule has 3 heteroatoms. The second kappa shape index (κ2) is 6.63. The van der Waals surface area contributed by atoms with Crippen molar-refractivity contribution in [2.75, 3.05) is 5.33 Å². The summed E-state index contributed by atoms with van der Waals surface area (Å²) < 4.78 is 0. The van der Waals surface area contributed by atoms with Gasteiger partial charge in [0.2, 0.25) is 0 Å². The Morgan fingerprint density at radius 2 is 1.83 bits per heavy atom. The number of halogens is 2. The van der Waals surface area contributed by atoms with Crippen molar-refractivity contribution in [2.45, 2.75) is 12.5 Å². The van der Waals surface area contributed by atoms with Gasteiger partial charge in [-0.25, -0.2) is 0 Å². The number of hydrogen-bond donors (Lipinski definition) is 1. The molecular weight excluding hydrogens is 282 g/mol. The lowest BCUT2D eigenvalue weighted by Gasteiger charge is -2.08. The standard InChI is InChI=1S/C9H12BrN.BrH/c10-7-6-9(11)8-4-2-1-3-5-8;/h1-5,9H,6-7,11H2;1H. The highest BCUT2D eigenvalue weighted by Crippen LogP contribution is 2.13. The zero-order valence-corrected chi connectivity index (χ0v) is 10.0. The minimum Gasteiger partial charge on any atom is -0.324 e. The summed E-state index contributed by atoms with van der Waals surface area (Å²) in [7, 11) is 0. The van der Waals surface area contributed by atoms with E-state index >= 15 is 0 Å². The lowest BCUT2D eigenvalue weighted by atomic mass is 10.1. The van der Waals surface area contributed by atoms with Crippen molar-refractivity contribution < 1.29 is 0 Å². The van der Waals surface area contributed by atoms with Gasteiger partial charge in [0.1, 0.15) is 0 Å². The van der Waals surface area contributed by atoms with Crippen LogP contribution in [0, 0.1) is 0 Å². The summed E-state index contributed by atoms with van der Waals surface area (Å²) in [5.41, 5.74) is 7.09. The van der Waals surface area contributed by atoms with E-state index in [9.17, 15) is 0 Å². The number of nitrogens with two attached hydrogens (primary N) is 1. The van der Waals surface area contributed by atoms with Gasteiger partial charge in [0.15, 0.2) is 0 Å². The summed E-state index contributed by atoms with van der Waals surface area (Å²) in [6, 6.07) is 10.3. The zero-order chi connectivity index (χ0) is 8.10. The van der Waals surface area contributed by atoms with E-state index in [1.807, 2.05) is 18.2 Å². The lowest BCUT2D eigenvalue weighted by Crippen LogP contribution is -2.10. The maximum absolute atomic E-state index is 5.88. The average Bonchev–Trinajstić information content (AvgIpc) is 2.07. The summed E-state index contributed by atoms with van der Waals surface area (Å²) in [6.45, 7) is 0. The van der Waals surface area contributed by atoms with Crippen LogP contribution in [-0.2, 0) is 0 Å². The summed E-state index contributed by atoms with van der Waals surface area (Å²) in [6.07, 6.45) is 0.990. The fourth-order valence-corrected chi connectivity index (χ4v) is 1.48.